The van der Waals surface area contributed by atoms with Crippen molar-refractivity contribution >= 4 is 23.1 Å². The second-order valence-electron chi connectivity index (χ2n) is 7.90. The number of carbonyl (C=O) groups is 1. The second kappa shape index (κ2) is 6.82. The van der Waals surface area contributed by atoms with Gasteiger partial charge in [0.2, 0.25) is 0 Å². The third-order valence-corrected chi connectivity index (χ3v) is 7.35. The van der Waals surface area contributed by atoms with Gasteiger partial charge in [0.15, 0.2) is 0 Å². The van der Waals surface area contributed by atoms with Crippen LogP contribution in [0.25, 0.3) is 5.00 Å². The predicted molar refractivity (Wildman–Crippen MR) is 114 cm³/mol. The third-order valence-electron chi connectivity index (χ3n) is 6.01. The molecule has 2 aliphatic rings. The first-order chi connectivity index (χ1) is 13.6. The number of thiophene rings is 1. The number of nitrogens with one attached hydrogen (secondary N) is 1. The molecule has 5 heteroatoms. The van der Waals surface area contributed by atoms with Gasteiger partial charge >= 0.3 is 6.03 Å². The Morgan fingerprint density at radius 3 is 2.86 bits per heavy atom. The van der Waals surface area contributed by atoms with Gasteiger partial charge in [-0.3, -0.25) is 0 Å². The van der Waals surface area contributed by atoms with E-state index < -0.39 is 0 Å². The number of anilines is 1. The molecule has 3 heterocycles. The monoisotopic (exact) mass is 391 g/mol. The molecule has 1 unspecified atom stereocenters. The summed E-state index contributed by atoms with van der Waals surface area (Å²) in [6.45, 7) is 4.84. The van der Waals surface area contributed by atoms with Crippen molar-refractivity contribution in [1.82, 2.24) is 9.47 Å². The summed E-state index contributed by atoms with van der Waals surface area (Å²) in [7, 11) is 0. The number of hydrogen-bond donors (Lipinski definition) is 1. The largest absolute Gasteiger partial charge is 0.322 e. The fraction of sp³-hybridized carbons (Fsp3) is 0.348. The van der Waals surface area contributed by atoms with Gasteiger partial charge in [-0.25, -0.2) is 4.79 Å². The van der Waals surface area contributed by atoms with Crippen molar-refractivity contribution in [2.45, 2.75) is 52.1 Å². The van der Waals surface area contributed by atoms with Crippen molar-refractivity contribution in [3.63, 3.8) is 0 Å². The number of benzene rings is 1. The molecule has 1 aliphatic heterocycles. The van der Waals surface area contributed by atoms with Gasteiger partial charge in [-0.2, -0.15) is 0 Å². The average Bonchev–Trinajstić information content (AvgIpc) is 3.28. The van der Waals surface area contributed by atoms with Crippen LogP contribution in [0.3, 0.4) is 0 Å². The maximum Gasteiger partial charge on any atom is 0.322 e. The molecule has 0 radical (unpaired) electrons. The first kappa shape index (κ1) is 17.6. The molecule has 0 saturated carbocycles. The van der Waals surface area contributed by atoms with Crippen LogP contribution in [-0.2, 0) is 19.4 Å². The van der Waals surface area contributed by atoms with Crippen LogP contribution in [0, 0.1) is 6.92 Å². The van der Waals surface area contributed by atoms with Crippen LogP contribution in [0.2, 0.25) is 0 Å². The lowest BCUT2D eigenvalue weighted by atomic mass is 9.95. The van der Waals surface area contributed by atoms with Gasteiger partial charge in [0.05, 0.1) is 12.6 Å². The van der Waals surface area contributed by atoms with Crippen molar-refractivity contribution in [1.29, 1.82) is 0 Å². The van der Waals surface area contributed by atoms with Gasteiger partial charge in [-0.05, 0) is 74.9 Å². The van der Waals surface area contributed by atoms with E-state index in [1.165, 1.54) is 46.0 Å². The normalized spacial score (nSPS) is 18.1. The molecule has 1 N–H and O–H groups in total. The van der Waals surface area contributed by atoms with E-state index in [4.69, 9.17) is 0 Å². The van der Waals surface area contributed by atoms with E-state index in [9.17, 15) is 4.79 Å². The van der Waals surface area contributed by atoms with Gasteiger partial charge in [-0.15, -0.1) is 11.3 Å². The molecule has 1 aliphatic carbocycles. The van der Waals surface area contributed by atoms with E-state index in [0.29, 0.717) is 6.54 Å². The van der Waals surface area contributed by atoms with E-state index in [0.717, 1.165) is 17.7 Å². The summed E-state index contributed by atoms with van der Waals surface area (Å²) in [6.07, 6.45) is 6.99. The Hall–Kier alpha value is -2.53. The highest BCUT2D eigenvalue weighted by atomic mass is 32.1. The van der Waals surface area contributed by atoms with Gasteiger partial charge in [0, 0.05) is 28.0 Å². The third kappa shape index (κ3) is 2.85. The quantitative estimate of drug-likeness (QED) is 0.556. The minimum atomic E-state index is -0.0329. The molecule has 28 heavy (non-hydrogen) atoms. The lowest BCUT2D eigenvalue weighted by Crippen LogP contribution is -2.36. The van der Waals surface area contributed by atoms with E-state index >= 15 is 0 Å². The van der Waals surface area contributed by atoms with E-state index in [1.807, 2.05) is 47.4 Å². The summed E-state index contributed by atoms with van der Waals surface area (Å²) in [5, 5.41) is 4.43. The lowest BCUT2D eigenvalue weighted by Gasteiger charge is -2.28. The zero-order valence-electron chi connectivity index (χ0n) is 16.4. The summed E-state index contributed by atoms with van der Waals surface area (Å²) >= 11 is 1.92. The molecule has 144 valence electrons. The Balaban J connectivity index is 1.55. The highest BCUT2D eigenvalue weighted by Gasteiger charge is 2.32. The number of nitrogens with zero attached hydrogens (tertiary/aromatic N) is 2. The highest BCUT2D eigenvalue weighted by Crippen LogP contribution is 2.42. The molecule has 0 saturated heterocycles. The topological polar surface area (TPSA) is 37.3 Å². The van der Waals surface area contributed by atoms with Gasteiger partial charge in [-0.1, -0.05) is 12.1 Å². The van der Waals surface area contributed by atoms with Crippen molar-refractivity contribution in [3.05, 3.63) is 69.9 Å². The van der Waals surface area contributed by atoms with Crippen molar-refractivity contribution in [2.24, 2.45) is 0 Å². The zero-order chi connectivity index (χ0) is 19.3. The molecule has 0 fully saturated rings. The molecule has 1 aromatic carbocycles. The van der Waals surface area contributed by atoms with E-state index in [1.54, 1.807) is 0 Å². The Morgan fingerprint density at radius 2 is 2.00 bits per heavy atom. The van der Waals surface area contributed by atoms with Crippen molar-refractivity contribution in [2.75, 3.05) is 5.32 Å². The standard InChI is InChI=1S/C23H25N3OS/c1-15-7-5-8-17(13-15)24-23(27)26-14-19-18-9-3-4-11-21(18)28-22(19)25-12-6-10-20(25)16(26)2/h5-8,10,12-13,16H,3-4,9,11,14H2,1-2H3,(H,24,27). The number of aromatic nitrogens is 1. The molecule has 1 atom stereocenters. The fourth-order valence-electron chi connectivity index (χ4n) is 4.53. The van der Waals surface area contributed by atoms with Crippen LogP contribution < -0.4 is 5.32 Å². The Morgan fingerprint density at radius 1 is 1.14 bits per heavy atom. The van der Waals surface area contributed by atoms with Gasteiger partial charge in [0.1, 0.15) is 5.00 Å². The predicted octanol–water partition coefficient (Wildman–Crippen LogP) is 5.83. The Bertz CT molecular complexity index is 1050. The summed E-state index contributed by atoms with van der Waals surface area (Å²) in [5.41, 5.74) is 6.01. The number of fused-ring (bicyclic) bond motifs is 5. The average molecular weight is 392 g/mol. The van der Waals surface area contributed by atoms with Crippen LogP contribution in [0.4, 0.5) is 10.5 Å². The van der Waals surface area contributed by atoms with Gasteiger partial charge < -0.3 is 14.8 Å². The number of aryl methyl sites for hydroxylation is 2. The maximum atomic E-state index is 13.3. The molecule has 0 spiro atoms. The number of amides is 2. The maximum absolute atomic E-state index is 13.3. The van der Waals surface area contributed by atoms with Crippen molar-refractivity contribution < 1.29 is 4.79 Å². The lowest BCUT2D eigenvalue weighted by molar-refractivity contribution is 0.189. The summed E-state index contributed by atoms with van der Waals surface area (Å²) < 4.78 is 2.31. The summed E-state index contributed by atoms with van der Waals surface area (Å²) in [6, 6.07) is 12.2. The molecular weight excluding hydrogens is 366 g/mol. The highest BCUT2D eigenvalue weighted by molar-refractivity contribution is 7.15. The van der Waals surface area contributed by atoms with E-state index in [2.05, 4.69) is 35.1 Å². The molecule has 0 bridgehead atoms. The summed E-state index contributed by atoms with van der Waals surface area (Å²) in [5.74, 6) is 0. The van der Waals surface area contributed by atoms with Crippen LogP contribution in [0.1, 0.15) is 53.1 Å². The zero-order valence-corrected chi connectivity index (χ0v) is 17.2. The smallest absolute Gasteiger partial charge is 0.312 e. The minimum Gasteiger partial charge on any atom is -0.312 e. The second-order valence-corrected chi connectivity index (χ2v) is 8.98. The number of rotatable bonds is 1. The Kier molecular flexibility index (Phi) is 4.27. The SMILES string of the molecule is Cc1cccc(NC(=O)N2Cc3c(sc4c3CCCC4)-n3cccc3C2C)c1. The van der Waals surface area contributed by atoms with Crippen LogP contribution in [-0.4, -0.2) is 15.5 Å². The minimum absolute atomic E-state index is 0.0126. The van der Waals surface area contributed by atoms with Crippen LogP contribution >= 0.6 is 11.3 Å². The fourth-order valence-corrected chi connectivity index (χ4v) is 5.93. The first-order valence-corrected chi connectivity index (χ1v) is 10.9. The summed E-state index contributed by atoms with van der Waals surface area (Å²) in [4.78, 5) is 16.8. The van der Waals surface area contributed by atoms with Gasteiger partial charge in [0.25, 0.3) is 0 Å². The Labute approximate surface area is 169 Å². The first-order valence-electron chi connectivity index (χ1n) is 10.1. The molecule has 5 rings (SSSR count). The number of urea groups is 1. The number of hydrogen-bond acceptors (Lipinski definition) is 2. The molecule has 4 nitrogen and oxygen atoms in total. The molecule has 2 aromatic heterocycles. The van der Waals surface area contributed by atoms with Crippen molar-refractivity contribution in [3.8, 4) is 5.00 Å². The number of carbonyl (C=O) groups excluding carboxylic acids is 1. The van der Waals surface area contributed by atoms with Crippen LogP contribution in [0.5, 0.6) is 0 Å². The van der Waals surface area contributed by atoms with Crippen LogP contribution in [0.15, 0.2) is 42.6 Å². The molecule has 3 aromatic rings. The molecular formula is C23H25N3OS. The molecule has 2 amide bonds. The van der Waals surface area contributed by atoms with E-state index in [-0.39, 0.29) is 12.1 Å².